The highest BCUT2D eigenvalue weighted by Gasteiger charge is 2.26. The first kappa shape index (κ1) is 21.5. The van der Waals surface area contributed by atoms with Crippen LogP contribution in [0.25, 0.3) is 0 Å². The molecule has 2 heterocycles. The molecule has 1 aromatic carbocycles. The molecule has 2 aromatic rings. The van der Waals surface area contributed by atoms with Crippen LogP contribution in [0.1, 0.15) is 48.8 Å². The molecule has 0 bridgehead atoms. The molecule has 7 heteroatoms. The lowest BCUT2D eigenvalue weighted by Gasteiger charge is -2.26. The third-order valence-corrected chi connectivity index (χ3v) is 5.24. The molecule has 29 heavy (non-hydrogen) atoms. The third-order valence-electron chi connectivity index (χ3n) is 4.96. The number of hydrogen-bond donors (Lipinski definition) is 1. The van der Waals surface area contributed by atoms with Crippen LogP contribution in [0.5, 0.6) is 11.5 Å². The van der Waals surface area contributed by atoms with E-state index in [-0.39, 0.29) is 11.9 Å². The van der Waals surface area contributed by atoms with Crippen LogP contribution in [0.15, 0.2) is 34.9 Å². The fraction of sp³-hybridized carbons (Fsp3) is 0.500. The summed E-state index contributed by atoms with van der Waals surface area (Å²) in [4.78, 5) is 15.2. The Morgan fingerprint density at radius 2 is 2.07 bits per heavy atom. The van der Waals surface area contributed by atoms with Gasteiger partial charge in [-0.05, 0) is 56.1 Å². The minimum absolute atomic E-state index is 0.0162. The lowest BCUT2D eigenvalue weighted by Crippen LogP contribution is -2.36. The number of ether oxygens (including phenoxy) is 2. The summed E-state index contributed by atoms with van der Waals surface area (Å²) >= 11 is 6.38. The van der Waals surface area contributed by atoms with Crippen LogP contribution >= 0.6 is 11.6 Å². The average molecular weight is 421 g/mol. The lowest BCUT2D eigenvalue weighted by molar-refractivity contribution is 0.0933. The van der Waals surface area contributed by atoms with Crippen LogP contribution in [-0.4, -0.2) is 44.2 Å². The molecular formula is C22H29ClN2O4. The lowest BCUT2D eigenvalue weighted by atomic mass is 10.1. The van der Waals surface area contributed by atoms with Crippen molar-refractivity contribution in [2.75, 3.05) is 33.4 Å². The molecule has 0 aliphatic carbocycles. The van der Waals surface area contributed by atoms with Gasteiger partial charge in [0.25, 0.3) is 5.91 Å². The summed E-state index contributed by atoms with van der Waals surface area (Å²) in [5.74, 6) is 1.91. The highest BCUT2D eigenvalue weighted by Crippen LogP contribution is 2.36. The molecule has 6 nitrogen and oxygen atoms in total. The van der Waals surface area contributed by atoms with Crippen LogP contribution < -0.4 is 14.8 Å². The molecule has 1 aromatic heterocycles. The van der Waals surface area contributed by atoms with E-state index >= 15 is 0 Å². The first-order chi connectivity index (χ1) is 14.0. The number of amides is 1. The molecule has 1 aliphatic rings. The van der Waals surface area contributed by atoms with Crippen LogP contribution in [0.2, 0.25) is 5.02 Å². The quantitative estimate of drug-likeness (QED) is 0.645. The second-order valence-electron chi connectivity index (χ2n) is 7.68. The number of benzene rings is 1. The molecule has 1 unspecified atom stereocenters. The van der Waals surface area contributed by atoms with Crippen molar-refractivity contribution in [3.8, 4) is 11.5 Å². The van der Waals surface area contributed by atoms with Crippen molar-refractivity contribution >= 4 is 17.5 Å². The number of halogens is 1. The van der Waals surface area contributed by atoms with Crippen molar-refractivity contribution in [2.45, 2.75) is 32.7 Å². The summed E-state index contributed by atoms with van der Waals surface area (Å²) in [6.07, 6.45) is 3.99. The number of nitrogens with one attached hydrogen (secondary N) is 1. The van der Waals surface area contributed by atoms with Gasteiger partial charge < -0.3 is 19.2 Å². The van der Waals surface area contributed by atoms with E-state index in [9.17, 15) is 4.79 Å². The van der Waals surface area contributed by atoms with Gasteiger partial charge in [0.05, 0.1) is 31.0 Å². The summed E-state index contributed by atoms with van der Waals surface area (Å²) in [6.45, 7) is 7.09. The van der Waals surface area contributed by atoms with Crippen LogP contribution in [0.3, 0.4) is 0 Å². The zero-order valence-corrected chi connectivity index (χ0v) is 18.0. The van der Waals surface area contributed by atoms with Gasteiger partial charge in [-0.3, -0.25) is 9.69 Å². The zero-order valence-electron chi connectivity index (χ0n) is 17.2. The topological polar surface area (TPSA) is 63.9 Å². The van der Waals surface area contributed by atoms with Crippen molar-refractivity contribution in [1.29, 1.82) is 0 Å². The molecular weight excluding hydrogens is 392 g/mol. The number of carbonyl (C=O) groups excluding carboxylic acids is 1. The smallest absolute Gasteiger partial charge is 0.251 e. The average Bonchev–Trinajstić information content (AvgIpc) is 3.41. The molecule has 3 rings (SSSR count). The van der Waals surface area contributed by atoms with Crippen molar-refractivity contribution < 1.29 is 18.7 Å². The Bertz CT molecular complexity index is 801. The number of likely N-dealkylation sites (tertiary alicyclic amines) is 1. The summed E-state index contributed by atoms with van der Waals surface area (Å²) in [5, 5.41) is 3.38. The first-order valence-electron chi connectivity index (χ1n) is 10.1. The van der Waals surface area contributed by atoms with E-state index in [2.05, 4.69) is 24.1 Å². The molecule has 0 spiro atoms. The number of nitrogens with zero attached hydrogens (tertiary/aromatic N) is 1. The molecule has 1 saturated heterocycles. The van der Waals surface area contributed by atoms with Crippen molar-refractivity contribution in [3.05, 3.63) is 46.9 Å². The number of hydrogen-bond acceptors (Lipinski definition) is 5. The Labute approximate surface area is 177 Å². The highest BCUT2D eigenvalue weighted by molar-refractivity contribution is 6.32. The predicted molar refractivity (Wildman–Crippen MR) is 113 cm³/mol. The second-order valence-corrected chi connectivity index (χ2v) is 8.09. The highest BCUT2D eigenvalue weighted by atomic mass is 35.5. The SMILES string of the molecule is COc1cc(C(=O)NCC(c2ccco2)N2CCCC2)cc(Cl)c1OCC(C)C. The molecule has 1 N–H and O–H groups in total. The van der Waals surface area contributed by atoms with Gasteiger partial charge in [0.15, 0.2) is 11.5 Å². The Morgan fingerprint density at radius 1 is 1.31 bits per heavy atom. The number of carbonyl (C=O) groups is 1. The van der Waals surface area contributed by atoms with E-state index in [1.807, 2.05) is 12.1 Å². The van der Waals surface area contributed by atoms with Gasteiger partial charge in [-0.2, -0.15) is 0 Å². The fourth-order valence-electron chi connectivity index (χ4n) is 3.48. The van der Waals surface area contributed by atoms with Gasteiger partial charge >= 0.3 is 0 Å². The standard InChI is InChI=1S/C22H29ClN2O4/c1-15(2)14-29-21-17(23)11-16(12-20(21)27-3)22(26)24-13-18(19-7-6-10-28-19)25-8-4-5-9-25/h6-7,10-12,15,18H,4-5,8-9,13-14H2,1-3H3,(H,24,26). The van der Waals surface area contributed by atoms with E-state index in [0.29, 0.717) is 41.2 Å². The summed E-state index contributed by atoms with van der Waals surface area (Å²) in [5.41, 5.74) is 0.434. The van der Waals surface area contributed by atoms with Crippen molar-refractivity contribution in [3.63, 3.8) is 0 Å². The third kappa shape index (κ3) is 5.46. The molecule has 1 aliphatic heterocycles. The summed E-state index contributed by atoms with van der Waals surface area (Å²) < 4.78 is 16.8. The number of rotatable bonds is 9. The molecule has 158 valence electrons. The van der Waals surface area contributed by atoms with Crippen LogP contribution in [-0.2, 0) is 0 Å². The molecule has 0 saturated carbocycles. The molecule has 1 atom stereocenters. The second kappa shape index (κ2) is 10.0. The van der Waals surface area contributed by atoms with E-state index in [4.69, 9.17) is 25.5 Å². The minimum atomic E-state index is -0.212. The fourth-order valence-corrected chi connectivity index (χ4v) is 3.74. The Morgan fingerprint density at radius 3 is 2.69 bits per heavy atom. The van der Waals surface area contributed by atoms with E-state index < -0.39 is 0 Å². The number of methoxy groups -OCH3 is 1. The van der Waals surface area contributed by atoms with Gasteiger partial charge in [0, 0.05) is 12.1 Å². The summed E-state index contributed by atoms with van der Waals surface area (Å²) in [7, 11) is 1.54. The maximum absolute atomic E-state index is 12.8. The number of furan rings is 1. The predicted octanol–water partition coefficient (Wildman–Crippen LogP) is 4.54. The maximum Gasteiger partial charge on any atom is 0.251 e. The van der Waals surface area contributed by atoms with Gasteiger partial charge in [-0.25, -0.2) is 0 Å². The Hall–Kier alpha value is -2.18. The van der Waals surface area contributed by atoms with Crippen molar-refractivity contribution in [1.82, 2.24) is 10.2 Å². The molecule has 1 amide bonds. The van der Waals surface area contributed by atoms with Gasteiger partial charge in [0.2, 0.25) is 0 Å². The monoisotopic (exact) mass is 420 g/mol. The van der Waals surface area contributed by atoms with E-state index in [0.717, 1.165) is 31.7 Å². The van der Waals surface area contributed by atoms with Crippen LogP contribution in [0.4, 0.5) is 0 Å². The minimum Gasteiger partial charge on any atom is -0.493 e. The Balaban J connectivity index is 1.71. The van der Waals surface area contributed by atoms with Crippen LogP contribution in [0, 0.1) is 5.92 Å². The summed E-state index contributed by atoms with van der Waals surface area (Å²) in [6, 6.07) is 7.13. The normalized spacial score (nSPS) is 15.5. The van der Waals surface area contributed by atoms with Crippen molar-refractivity contribution in [2.24, 2.45) is 5.92 Å². The molecule has 0 radical (unpaired) electrons. The van der Waals surface area contributed by atoms with E-state index in [1.54, 1.807) is 18.4 Å². The van der Waals surface area contributed by atoms with E-state index in [1.165, 1.54) is 7.11 Å². The van der Waals surface area contributed by atoms with Gasteiger partial charge in [-0.1, -0.05) is 25.4 Å². The van der Waals surface area contributed by atoms with Gasteiger partial charge in [0.1, 0.15) is 5.76 Å². The zero-order chi connectivity index (χ0) is 20.8. The maximum atomic E-state index is 12.8. The first-order valence-corrected chi connectivity index (χ1v) is 10.4. The Kier molecular flexibility index (Phi) is 7.45. The van der Waals surface area contributed by atoms with Gasteiger partial charge in [-0.15, -0.1) is 0 Å². The largest absolute Gasteiger partial charge is 0.493 e. The molecule has 1 fully saturated rings.